The minimum absolute atomic E-state index is 0.102. The summed E-state index contributed by atoms with van der Waals surface area (Å²) in [4.78, 5) is 14.5. The predicted octanol–water partition coefficient (Wildman–Crippen LogP) is 2.10. The normalized spacial score (nSPS) is 37.3. The van der Waals surface area contributed by atoms with Crippen LogP contribution in [-0.2, 0) is 14.3 Å². The van der Waals surface area contributed by atoms with Gasteiger partial charge in [-0.2, -0.15) is 0 Å². The van der Waals surface area contributed by atoms with Crippen molar-refractivity contribution in [1.29, 1.82) is 0 Å². The fourth-order valence-electron chi connectivity index (χ4n) is 4.33. The Bertz CT molecular complexity index is 382. The number of rotatable bonds is 4. The van der Waals surface area contributed by atoms with Gasteiger partial charge in [0.2, 0.25) is 5.91 Å². The van der Waals surface area contributed by atoms with E-state index in [0.717, 1.165) is 19.3 Å². The van der Waals surface area contributed by atoms with Gasteiger partial charge in [-0.25, -0.2) is 0 Å². The van der Waals surface area contributed by atoms with Crippen molar-refractivity contribution in [3.05, 3.63) is 12.2 Å². The molecular formula is C15H23NO3. The average molecular weight is 265 g/mol. The fourth-order valence-corrected chi connectivity index (χ4v) is 4.33. The van der Waals surface area contributed by atoms with E-state index in [4.69, 9.17) is 9.47 Å². The van der Waals surface area contributed by atoms with E-state index >= 15 is 0 Å². The van der Waals surface area contributed by atoms with Gasteiger partial charge in [0.1, 0.15) is 6.79 Å². The van der Waals surface area contributed by atoms with Crippen molar-refractivity contribution in [3.8, 4) is 0 Å². The second-order valence-corrected chi connectivity index (χ2v) is 5.99. The predicted molar refractivity (Wildman–Crippen MR) is 71.5 cm³/mol. The van der Waals surface area contributed by atoms with Gasteiger partial charge in [0.05, 0.1) is 12.6 Å². The quantitative estimate of drug-likeness (QED) is 0.577. The lowest BCUT2D eigenvalue weighted by Gasteiger charge is -2.53. The number of hydrogen-bond donors (Lipinski definition) is 0. The van der Waals surface area contributed by atoms with Crippen LogP contribution >= 0.6 is 0 Å². The second kappa shape index (κ2) is 5.25. The van der Waals surface area contributed by atoms with Gasteiger partial charge >= 0.3 is 0 Å². The second-order valence-electron chi connectivity index (χ2n) is 5.99. The van der Waals surface area contributed by atoms with E-state index in [9.17, 15) is 4.79 Å². The maximum absolute atomic E-state index is 12.4. The van der Waals surface area contributed by atoms with Crippen molar-refractivity contribution in [2.75, 3.05) is 20.5 Å². The van der Waals surface area contributed by atoms with Crippen molar-refractivity contribution >= 4 is 5.91 Å². The maximum atomic E-state index is 12.4. The highest BCUT2D eigenvalue weighted by molar-refractivity contribution is 5.90. The van der Waals surface area contributed by atoms with Gasteiger partial charge in [-0.05, 0) is 38.2 Å². The molecule has 1 amide bonds. The molecule has 0 radical (unpaired) electrons. The first kappa shape index (κ1) is 13.1. The smallest absolute Gasteiger partial charge is 0.247 e. The van der Waals surface area contributed by atoms with Crippen LogP contribution in [0.3, 0.4) is 0 Å². The largest absolute Gasteiger partial charge is 0.359 e. The first-order valence-corrected chi connectivity index (χ1v) is 7.36. The lowest BCUT2D eigenvalue weighted by atomic mass is 9.74. The number of methoxy groups -OCH3 is 1. The summed E-state index contributed by atoms with van der Waals surface area (Å²) in [7, 11) is 1.63. The molecule has 2 aliphatic heterocycles. The summed E-state index contributed by atoms with van der Waals surface area (Å²) >= 11 is 0. The Balaban J connectivity index is 1.81. The van der Waals surface area contributed by atoms with Crippen LogP contribution in [0, 0.1) is 5.92 Å². The highest BCUT2D eigenvalue weighted by atomic mass is 16.7. The number of nitrogens with zero attached hydrogens (tertiary/aromatic N) is 1. The average Bonchev–Trinajstić information content (AvgIpc) is 2.81. The van der Waals surface area contributed by atoms with Gasteiger partial charge in [0.15, 0.2) is 0 Å². The van der Waals surface area contributed by atoms with Gasteiger partial charge in [0.25, 0.3) is 0 Å². The fraction of sp³-hybridized carbons (Fsp3) is 0.800. The molecule has 2 heterocycles. The van der Waals surface area contributed by atoms with E-state index in [-0.39, 0.29) is 17.5 Å². The third kappa shape index (κ3) is 2.11. The van der Waals surface area contributed by atoms with Crippen molar-refractivity contribution in [2.24, 2.45) is 5.92 Å². The van der Waals surface area contributed by atoms with Crippen LogP contribution in [0.5, 0.6) is 0 Å². The van der Waals surface area contributed by atoms with Crippen LogP contribution in [0.15, 0.2) is 12.2 Å². The summed E-state index contributed by atoms with van der Waals surface area (Å²) in [6.07, 6.45) is 11.0. The zero-order valence-electron chi connectivity index (χ0n) is 11.6. The van der Waals surface area contributed by atoms with E-state index in [1.807, 2.05) is 0 Å². The Labute approximate surface area is 114 Å². The van der Waals surface area contributed by atoms with E-state index in [1.165, 1.54) is 19.3 Å². The topological polar surface area (TPSA) is 38.8 Å². The first-order chi connectivity index (χ1) is 9.28. The summed E-state index contributed by atoms with van der Waals surface area (Å²) in [6.45, 7) is 0.909. The molecule has 2 fully saturated rings. The molecule has 106 valence electrons. The molecular weight excluding hydrogens is 242 g/mol. The molecule has 3 rings (SSSR count). The summed E-state index contributed by atoms with van der Waals surface area (Å²) in [5.41, 5.74) is 0.102. The zero-order valence-corrected chi connectivity index (χ0v) is 11.6. The van der Waals surface area contributed by atoms with Crippen LogP contribution in [0.1, 0.15) is 38.5 Å². The third-order valence-corrected chi connectivity index (χ3v) is 5.03. The molecule has 1 spiro atoms. The van der Waals surface area contributed by atoms with Crippen LogP contribution < -0.4 is 0 Å². The molecule has 0 N–H and O–H groups in total. The number of carbonyl (C=O) groups excluding carboxylic acids is 1. The Hall–Kier alpha value is -0.870. The molecule has 0 aromatic carbocycles. The molecule has 4 nitrogen and oxygen atoms in total. The summed E-state index contributed by atoms with van der Waals surface area (Å²) in [5, 5.41) is 0. The maximum Gasteiger partial charge on any atom is 0.247 e. The number of piperidine rings is 1. The number of amides is 1. The number of ether oxygens (including phenoxy) is 2. The zero-order chi connectivity index (χ0) is 13.3. The molecule has 1 aliphatic carbocycles. The third-order valence-electron chi connectivity index (χ3n) is 5.03. The molecule has 0 unspecified atom stereocenters. The van der Waals surface area contributed by atoms with Gasteiger partial charge in [0, 0.05) is 18.6 Å². The van der Waals surface area contributed by atoms with E-state index < -0.39 is 0 Å². The molecule has 19 heavy (non-hydrogen) atoms. The van der Waals surface area contributed by atoms with Crippen molar-refractivity contribution in [3.63, 3.8) is 0 Å². The van der Waals surface area contributed by atoms with Gasteiger partial charge < -0.3 is 14.4 Å². The summed E-state index contributed by atoms with van der Waals surface area (Å²) in [5.74, 6) is 0.749. The Kier molecular flexibility index (Phi) is 3.63. The highest BCUT2D eigenvalue weighted by Crippen LogP contribution is 2.50. The van der Waals surface area contributed by atoms with Crippen molar-refractivity contribution in [2.45, 2.75) is 50.1 Å². The van der Waals surface area contributed by atoms with E-state index in [2.05, 4.69) is 11.0 Å². The molecule has 0 bridgehead atoms. The van der Waals surface area contributed by atoms with Crippen LogP contribution in [0.25, 0.3) is 0 Å². The first-order valence-electron chi connectivity index (χ1n) is 7.36. The minimum atomic E-state index is 0.102. The van der Waals surface area contributed by atoms with Gasteiger partial charge in [-0.1, -0.05) is 12.5 Å². The Morgan fingerprint density at radius 2 is 2.16 bits per heavy atom. The minimum Gasteiger partial charge on any atom is -0.359 e. The van der Waals surface area contributed by atoms with Crippen LogP contribution in [0.4, 0.5) is 0 Å². The van der Waals surface area contributed by atoms with Gasteiger partial charge in [-0.3, -0.25) is 4.79 Å². The van der Waals surface area contributed by atoms with Crippen LogP contribution in [-0.4, -0.2) is 42.9 Å². The number of carbonyl (C=O) groups is 1. The molecule has 1 saturated carbocycles. The molecule has 3 atom stereocenters. The SMILES string of the molecule is COCOC[C@H]1CCC[C@@]23CCC[C@@H]2C=CC(=O)N13. The molecule has 0 aromatic rings. The molecule has 0 aromatic heterocycles. The Morgan fingerprint density at radius 1 is 1.37 bits per heavy atom. The highest BCUT2D eigenvalue weighted by Gasteiger charge is 2.53. The van der Waals surface area contributed by atoms with Gasteiger partial charge in [-0.15, -0.1) is 0 Å². The van der Waals surface area contributed by atoms with Crippen molar-refractivity contribution in [1.82, 2.24) is 4.90 Å². The lowest BCUT2D eigenvalue weighted by molar-refractivity contribution is -0.148. The van der Waals surface area contributed by atoms with E-state index in [0.29, 0.717) is 19.3 Å². The molecule has 1 saturated heterocycles. The monoisotopic (exact) mass is 265 g/mol. The van der Waals surface area contributed by atoms with Crippen molar-refractivity contribution < 1.29 is 14.3 Å². The summed E-state index contributed by atoms with van der Waals surface area (Å²) < 4.78 is 10.5. The molecule has 4 heteroatoms. The summed E-state index contributed by atoms with van der Waals surface area (Å²) in [6, 6.07) is 0.224. The number of hydrogen-bond acceptors (Lipinski definition) is 3. The molecule has 3 aliphatic rings. The van der Waals surface area contributed by atoms with E-state index in [1.54, 1.807) is 13.2 Å². The van der Waals surface area contributed by atoms with Crippen LogP contribution in [0.2, 0.25) is 0 Å². The Morgan fingerprint density at radius 3 is 2.95 bits per heavy atom. The standard InChI is InChI=1S/C15H23NO3/c1-18-11-19-10-13-5-3-9-15-8-2-4-12(15)6-7-14(17)16(13)15/h6-7,12-13H,2-5,8-11H2,1H3/t12-,13-,15+/m1/s1. The lowest BCUT2D eigenvalue weighted by Crippen LogP contribution is -2.62.